The Morgan fingerprint density at radius 3 is 2.50 bits per heavy atom. The van der Waals surface area contributed by atoms with Gasteiger partial charge in [0.05, 0.1) is 19.8 Å². The van der Waals surface area contributed by atoms with E-state index in [4.69, 9.17) is 4.74 Å². The number of hydrogen-bond acceptors (Lipinski definition) is 1. The van der Waals surface area contributed by atoms with Crippen LogP contribution in [0.5, 0.6) is 0 Å². The summed E-state index contributed by atoms with van der Waals surface area (Å²) in [6, 6.07) is 8.37. The molecule has 0 N–H and O–H groups in total. The Hall–Kier alpha value is -1.08. The number of aryl methyl sites for hydroxylation is 1. The van der Waals surface area contributed by atoms with Gasteiger partial charge in [-0.3, -0.25) is 0 Å². The van der Waals surface area contributed by atoms with Crippen LogP contribution in [0, 0.1) is 18.8 Å². The van der Waals surface area contributed by atoms with Gasteiger partial charge in [-0.1, -0.05) is 30.2 Å². The molecule has 1 aromatic rings. The van der Waals surface area contributed by atoms with E-state index in [2.05, 4.69) is 49.6 Å². The molecule has 1 heterocycles. The Balaban J connectivity index is 0.00000200. The smallest absolute Gasteiger partial charge is 0.141 e. The predicted octanol–water partition coefficient (Wildman–Crippen LogP) is -0.616. The van der Waals surface area contributed by atoms with Crippen LogP contribution in [0.1, 0.15) is 11.1 Å². The van der Waals surface area contributed by atoms with Gasteiger partial charge in [0, 0.05) is 5.56 Å². The van der Waals surface area contributed by atoms with E-state index in [0.717, 1.165) is 49.4 Å². The van der Waals surface area contributed by atoms with E-state index in [-0.39, 0.29) is 17.0 Å². The first-order valence-corrected chi connectivity index (χ1v) is 6.83. The van der Waals surface area contributed by atoms with Crippen molar-refractivity contribution in [1.29, 1.82) is 0 Å². The van der Waals surface area contributed by atoms with Crippen LogP contribution in [0.25, 0.3) is 0 Å². The van der Waals surface area contributed by atoms with Crippen LogP contribution in [0.15, 0.2) is 36.9 Å². The number of rotatable bonds is 3. The molecule has 1 aliphatic rings. The fourth-order valence-corrected chi connectivity index (χ4v) is 2.36. The van der Waals surface area contributed by atoms with Crippen LogP contribution >= 0.6 is 0 Å². The number of benzene rings is 1. The second-order valence-corrected chi connectivity index (χ2v) is 5.20. The third kappa shape index (κ3) is 4.79. The zero-order chi connectivity index (χ0) is 13.6. The van der Waals surface area contributed by atoms with Crippen molar-refractivity contribution in [2.45, 2.75) is 6.92 Å². The van der Waals surface area contributed by atoms with Crippen molar-refractivity contribution in [3.8, 4) is 11.8 Å². The van der Waals surface area contributed by atoms with Crippen LogP contribution < -0.4 is 17.0 Å². The molecule has 0 saturated carbocycles. The van der Waals surface area contributed by atoms with Crippen molar-refractivity contribution in [3.05, 3.63) is 48.0 Å². The van der Waals surface area contributed by atoms with E-state index in [1.54, 1.807) is 0 Å². The first-order chi connectivity index (χ1) is 9.24. The quantitative estimate of drug-likeness (QED) is 0.406. The summed E-state index contributed by atoms with van der Waals surface area (Å²) in [6.07, 6.45) is 2.00. The highest BCUT2D eigenvalue weighted by Gasteiger charge is 2.27. The molecule has 0 unspecified atom stereocenters. The SMILES string of the molecule is C=CC[N+]1(CC#Cc2ccc(C)cc2)CCOCC1.[Br-]. The molecule has 1 aliphatic heterocycles. The van der Waals surface area contributed by atoms with E-state index >= 15 is 0 Å². The number of ether oxygens (including phenoxy) is 1. The van der Waals surface area contributed by atoms with Gasteiger partial charge < -0.3 is 26.2 Å². The largest absolute Gasteiger partial charge is 1.00 e. The Morgan fingerprint density at radius 1 is 1.25 bits per heavy atom. The van der Waals surface area contributed by atoms with Gasteiger partial charge in [0.1, 0.15) is 19.6 Å². The van der Waals surface area contributed by atoms with Crippen LogP contribution in [0.3, 0.4) is 0 Å². The number of hydrogen-bond donors (Lipinski definition) is 0. The summed E-state index contributed by atoms with van der Waals surface area (Å²) in [4.78, 5) is 0. The summed E-state index contributed by atoms with van der Waals surface area (Å²) >= 11 is 0. The zero-order valence-corrected chi connectivity index (χ0v) is 13.7. The minimum absolute atomic E-state index is 0. The molecule has 0 spiro atoms. The molecule has 2 nitrogen and oxygen atoms in total. The lowest BCUT2D eigenvalue weighted by Gasteiger charge is -2.39. The highest BCUT2D eigenvalue weighted by molar-refractivity contribution is 5.35. The summed E-state index contributed by atoms with van der Waals surface area (Å²) in [5.41, 5.74) is 2.37. The van der Waals surface area contributed by atoms with Crippen molar-refractivity contribution < 1.29 is 26.2 Å². The standard InChI is InChI=1S/C17H22NO.BrH/c1-3-10-18(12-14-19-15-13-18)11-4-5-17-8-6-16(2)7-9-17;/h3,6-9H,1,10-15H2,2H3;1H/q+1;/p-1. The number of morpholine rings is 1. The number of nitrogens with zero attached hydrogens (tertiary/aromatic N) is 1. The average molecular weight is 336 g/mol. The Morgan fingerprint density at radius 2 is 1.90 bits per heavy atom. The van der Waals surface area contributed by atoms with Crippen molar-refractivity contribution in [2.75, 3.05) is 39.4 Å². The van der Waals surface area contributed by atoms with Gasteiger partial charge in [-0.2, -0.15) is 0 Å². The van der Waals surface area contributed by atoms with E-state index < -0.39 is 0 Å². The maximum Gasteiger partial charge on any atom is 0.141 e. The van der Waals surface area contributed by atoms with Crippen LogP contribution in [0.4, 0.5) is 0 Å². The average Bonchev–Trinajstić information content (AvgIpc) is 2.42. The molecule has 0 radical (unpaired) electrons. The summed E-state index contributed by atoms with van der Waals surface area (Å²) in [5.74, 6) is 6.60. The molecule has 1 aromatic carbocycles. The van der Waals surface area contributed by atoms with E-state index in [0.29, 0.717) is 0 Å². The van der Waals surface area contributed by atoms with Crippen LogP contribution in [-0.2, 0) is 4.74 Å². The lowest BCUT2D eigenvalue weighted by molar-refractivity contribution is -0.923. The lowest BCUT2D eigenvalue weighted by Crippen LogP contribution is -3.00. The zero-order valence-electron chi connectivity index (χ0n) is 12.1. The van der Waals surface area contributed by atoms with Gasteiger partial charge in [-0.25, -0.2) is 0 Å². The maximum absolute atomic E-state index is 5.45. The normalized spacial score (nSPS) is 16.4. The molecular weight excluding hydrogens is 314 g/mol. The topological polar surface area (TPSA) is 9.23 Å². The molecule has 3 heteroatoms. The first-order valence-electron chi connectivity index (χ1n) is 6.83. The fourth-order valence-electron chi connectivity index (χ4n) is 2.36. The number of halogens is 1. The van der Waals surface area contributed by atoms with Crippen LogP contribution in [-0.4, -0.2) is 43.9 Å². The van der Waals surface area contributed by atoms with Gasteiger partial charge in [0.25, 0.3) is 0 Å². The molecule has 0 aromatic heterocycles. The molecule has 0 atom stereocenters. The summed E-state index contributed by atoms with van der Waals surface area (Å²) < 4.78 is 6.44. The highest BCUT2D eigenvalue weighted by Crippen LogP contribution is 2.11. The molecule has 2 rings (SSSR count). The Kier molecular flexibility index (Phi) is 7.01. The van der Waals surface area contributed by atoms with Gasteiger partial charge >= 0.3 is 0 Å². The molecule has 1 fully saturated rings. The van der Waals surface area contributed by atoms with Gasteiger partial charge in [0.15, 0.2) is 0 Å². The highest BCUT2D eigenvalue weighted by atomic mass is 79.9. The first kappa shape index (κ1) is 17.0. The summed E-state index contributed by atoms with van der Waals surface area (Å²) in [5, 5.41) is 0. The Bertz CT molecular complexity index is 478. The minimum Gasteiger partial charge on any atom is -1.00 e. The molecule has 108 valence electrons. The third-order valence-electron chi connectivity index (χ3n) is 3.64. The van der Waals surface area contributed by atoms with Crippen molar-refractivity contribution in [1.82, 2.24) is 0 Å². The molecule has 0 bridgehead atoms. The third-order valence-corrected chi connectivity index (χ3v) is 3.64. The van der Waals surface area contributed by atoms with Crippen molar-refractivity contribution in [3.63, 3.8) is 0 Å². The summed E-state index contributed by atoms with van der Waals surface area (Å²) in [7, 11) is 0. The monoisotopic (exact) mass is 335 g/mol. The fraction of sp³-hybridized carbons (Fsp3) is 0.412. The van der Waals surface area contributed by atoms with Crippen molar-refractivity contribution >= 4 is 0 Å². The molecular formula is C17H22BrNO. The van der Waals surface area contributed by atoms with Gasteiger partial charge in [-0.15, -0.1) is 0 Å². The van der Waals surface area contributed by atoms with E-state index in [9.17, 15) is 0 Å². The molecule has 20 heavy (non-hydrogen) atoms. The van der Waals surface area contributed by atoms with E-state index in [1.807, 2.05) is 6.08 Å². The Labute approximate surface area is 132 Å². The predicted molar refractivity (Wildman–Crippen MR) is 78.8 cm³/mol. The van der Waals surface area contributed by atoms with Crippen molar-refractivity contribution in [2.24, 2.45) is 0 Å². The molecule has 0 amide bonds. The van der Waals surface area contributed by atoms with E-state index in [1.165, 1.54) is 5.56 Å². The number of quaternary nitrogens is 1. The molecule has 1 saturated heterocycles. The second-order valence-electron chi connectivity index (χ2n) is 5.20. The second kappa shape index (κ2) is 8.26. The summed E-state index contributed by atoms with van der Waals surface area (Å²) in [6.45, 7) is 11.6. The molecule has 0 aliphatic carbocycles. The lowest BCUT2D eigenvalue weighted by atomic mass is 10.1. The van der Waals surface area contributed by atoms with Gasteiger partial charge in [0.2, 0.25) is 0 Å². The van der Waals surface area contributed by atoms with Gasteiger partial charge in [-0.05, 0) is 31.1 Å². The minimum atomic E-state index is 0. The van der Waals surface area contributed by atoms with Crippen LogP contribution in [0.2, 0.25) is 0 Å². The maximum atomic E-state index is 5.45.